The molecule has 2 aromatic rings. The number of rotatable bonds is 4. The molecule has 0 radical (unpaired) electrons. The van der Waals surface area contributed by atoms with Crippen LogP contribution < -0.4 is 19.9 Å². The molecular formula is C24H27N3O5. The summed E-state index contributed by atoms with van der Waals surface area (Å²) in [5.74, 6) is 1.17. The van der Waals surface area contributed by atoms with E-state index < -0.39 is 0 Å². The third-order valence-electron chi connectivity index (χ3n) is 6.94. The lowest BCUT2D eigenvalue weighted by Crippen LogP contribution is -2.50. The first-order chi connectivity index (χ1) is 15.5. The second-order valence-electron chi connectivity index (χ2n) is 8.88. The van der Waals surface area contributed by atoms with Gasteiger partial charge in [-0.05, 0) is 30.5 Å². The third kappa shape index (κ3) is 3.43. The van der Waals surface area contributed by atoms with Crippen molar-refractivity contribution in [2.24, 2.45) is 11.8 Å². The predicted octanol–water partition coefficient (Wildman–Crippen LogP) is 1.86. The van der Waals surface area contributed by atoms with Gasteiger partial charge in [0.2, 0.25) is 11.8 Å². The minimum absolute atomic E-state index is 0.0229. The Kier molecular flexibility index (Phi) is 5.15. The minimum atomic E-state index is -0.383. The summed E-state index contributed by atoms with van der Waals surface area (Å²) >= 11 is 0. The van der Waals surface area contributed by atoms with E-state index in [2.05, 4.69) is 0 Å². The van der Waals surface area contributed by atoms with E-state index in [1.807, 2.05) is 15.5 Å². The quantitative estimate of drug-likeness (QED) is 0.730. The molecule has 168 valence electrons. The molecule has 3 aliphatic rings. The monoisotopic (exact) mass is 437 g/mol. The van der Waals surface area contributed by atoms with Crippen molar-refractivity contribution in [1.29, 1.82) is 0 Å². The van der Waals surface area contributed by atoms with Gasteiger partial charge in [0.1, 0.15) is 11.5 Å². The topological polar surface area (TPSA) is 81.1 Å². The van der Waals surface area contributed by atoms with Crippen LogP contribution in [0.4, 0.5) is 5.69 Å². The zero-order chi connectivity index (χ0) is 22.4. The van der Waals surface area contributed by atoms with Crippen molar-refractivity contribution in [3.63, 3.8) is 0 Å². The zero-order valence-electron chi connectivity index (χ0n) is 18.3. The van der Waals surface area contributed by atoms with Gasteiger partial charge in [-0.15, -0.1) is 0 Å². The first-order valence-corrected chi connectivity index (χ1v) is 11.0. The maximum absolute atomic E-state index is 13.4. The largest absolute Gasteiger partial charge is 0.497 e. The van der Waals surface area contributed by atoms with Crippen molar-refractivity contribution >= 4 is 17.5 Å². The summed E-state index contributed by atoms with van der Waals surface area (Å²) in [5.41, 5.74) is 1.69. The highest BCUT2D eigenvalue weighted by Crippen LogP contribution is 2.38. The number of benzene rings is 1. The fraction of sp³-hybridized carbons (Fsp3) is 0.458. The molecule has 0 aliphatic carbocycles. The number of amides is 2. The third-order valence-corrected chi connectivity index (χ3v) is 6.94. The molecule has 1 aromatic heterocycles. The number of hydrogen-bond donors (Lipinski definition) is 0. The van der Waals surface area contributed by atoms with E-state index in [1.165, 1.54) is 0 Å². The zero-order valence-corrected chi connectivity index (χ0v) is 18.3. The normalized spacial score (nSPS) is 24.3. The Labute approximate surface area is 186 Å². The van der Waals surface area contributed by atoms with Crippen LogP contribution in [0.3, 0.4) is 0 Å². The SMILES string of the molecule is COc1ccc(N2CC(C(=O)N3CC4CC(C3)c3cccc(=O)n3C4)CC2=O)c(OC)c1. The van der Waals surface area contributed by atoms with Gasteiger partial charge in [0.15, 0.2) is 0 Å². The Hall–Kier alpha value is -3.29. The van der Waals surface area contributed by atoms with E-state index >= 15 is 0 Å². The first-order valence-electron chi connectivity index (χ1n) is 11.0. The van der Waals surface area contributed by atoms with Gasteiger partial charge < -0.3 is 23.8 Å². The van der Waals surface area contributed by atoms with Crippen LogP contribution in [-0.4, -0.2) is 55.1 Å². The number of fused-ring (bicyclic) bond motifs is 4. The Morgan fingerprint density at radius 1 is 1.00 bits per heavy atom. The average molecular weight is 437 g/mol. The molecule has 2 amide bonds. The van der Waals surface area contributed by atoms with Crippen molar-refractivity contribution in [2.45, 2.75) is 25.3 Å². The van der Waals surface area contributed by atoms with Crippen molar-refractivity contribution in [3.8, 4) is 11.5 Å². The van der Waals surface area contributed by atoms with Gasteiger partial charge in [-0.3, -0.25) is 14.4 Å². The standard InChI is InChI=1S/C24H27N3O5/c1-31-18-6-7-20(21(10-18)32-2)27-14-17(9-23(27)29)24(30)25-11-15-8-16(13-25)19-4-3-5-22(28)26(19)12-15/h3-7,10,15-17H,8-9,11-14H2,1-2H3. The van der Waals surface area contributed by atoms with Crippen molar-refractivity contribution in [3.05, 3.63) is 52.4 Å². The molecule has 0 spiro atoms. The fourth-order valence-corrected chi connectivity index (χ4v) is 5.45. The molecule has 5 rings (SSSR count). The number of piperidine rings is 1. The molecule has 2 bridgehead atoms. The number of hydrogen-bond acceptors (Lipinski definition) is 5. The number of nitrogens with zero attached hydrogens (tertiary/aromatic N) is 3. The van der Waals surface area contributed by atoms with E-state index in [4.69, 9.17) is 9.47 Å². The molecule has 0 N–H and O–H groups in total. The van der Waals surface area contributed by atoms with Gasteiger partial charge >= 0.3 is 0 Å². The van der Waals surface area contributed by atoms with Crippen molar-refractivity contribution < 1.29 is 19.1 Å². The van der Waals surface area contributed by atoms with Gasteiger partial charge in [0.25, 0.3) is 5.56 Å². The van der Waals surface area contributed by atoms with Gasteiger partial charge in [0, 0.05) is 56.3 Å². The lowest BCUT2D eigenvalue weighted by atomic mass is 9.82. The second kappa shape index (κ2) is 8.00. The lowest BCUT2D eigenvalue weighted by molar-refractivity contribution is -0.138. The van der Waals surface area contributed by atoms with Crippen LogP contribution in [0.25, 0.3) is 0 Å². The van der Waals surface area contributed by atoms with E-state index in [0.717, 1.165) is 12.1 Å². The van der Waals surface area contributed by atoms with Crippen LogP contribution in [0.15, 0.2) is 41.2 Å². The molecule has 0 saturated carbocycles. The van der Waals surface area contributed by atoms with Crippen molar-refractivity contribution in [1.82, 2.24) is 9.47 Å². The number of ether oxygens (including phenoxy) is 2. The summed E-state index contributed by atoms with van der Waals surface area (Å²) in [6.45, 7) is 2.21. The Morgan fingerprint density at radius 3 is 2.62 bits per heavy atom. The maximum Gasteiger partial charge on any atom is 0.250 e. The molecule has 8 nitrogen and oxygen atoms in total. The smallest absolute Gasteiger partial charge is 0.250 e. The summed E-state index contributed by atoms with van der Waals surface area (Å²) in [6, 6.07) is 10.7. The molecule has 32 heavy (non-hydrogen) atoms. The van der Waals surface area contributed by atoms with E-state index in [9.17, 15) is 14.4 Å². The van der Waals surface area contributed by atoms with Crippen molar-refractivity contribution in [2.75, 3.05) is 38.8 Å². The van der Waals surface area contributed by atoms with Crippen LogP contribution in [-0.2, 0) is 16.1 Å². The molecule has 3 aliphatic heterocycles. The Bertz CT molecular complexity index is 1130. The second-order valence-corrected chi connectivity index (χ2v) is 8.88. The van der Waals surface area contributed by atoms with E-state index in [0.29, 0.717) is 43.4 Å². The molecular weight excluding hydrogens is 410 g/mol. The fourth-order valence-electron chi connectivity index (χ4n) is 5.45. The molecule has 8 heteroatoms. The molecule has 3 unspecified atom stereocenters. The summed E-state index contributed by atoms with van der Waals surface area (Å²) in [6.07, 6.45) is 1.18. The molecule has 1 aromatic carbocycles. The van der Waals surface area contributed by atoms with Crippen LogP contribution in [0.5, 0.6) is 11.5 Å². The van der Waals surface area contributed by atoms with Gasteiger partial charge in [-0.1, -0.05) is 6.07 Å². The highest BCUT2D eigenvalue weighted by atomic mass is 16.5. The van der Waals surface area contributed by atoms with Crippen LogP contribution in [0, 0.1) is 11.8 Å². The van der Waals surface area contributed by atoms with Gasteiger partial charge in [0.05, 0.1) is 25.8 Å². The summed E-state index contributed by atoms with van der Waals surface area (Å²) < 4.78 is 12.6. The number of carbonyl (C=O) groups is 2. The highest BCUT2D eigenvalue weighted by Gasteiger charge is 2.42. The number of anilines is 1. The van der Waals surface area contributed by atoms with E-state index in [-0.39, 0.29) is 41.5 Å². The average Bonchev–Trinajstić information content (AvgIpc) is 3.20. The first kappa shape index (κ1) is 20.6. The summed E-state index contributed by atoms with van der Waals surface area (Å²) in [5, 5.41) is 0. The number of aromatic nitrogens is 1. The van der Waals surface area contributed by atoms with Crippen LogP contribution in [0.2, 0.25) is 0 Å². The van der Waals surface area contributed by atoms with Crippen LogP contribution in [0.1, 0.15) is 24.5 Å². The predicted molar refractivity (Wildman–Crippen MR) is 118 cm³/mol. The molecule has 2 fully saturated rings. The molecule has 2 saturated heterocycles. The number of carbonyl (C=O) groups excluding carboxylic acids is 2. The summed E-state index contributed by atoms with van der Waals surface area (Å²) in [4.78, 5) is 42.0. The Morgan fingerprint density at radius 2 is 1.84 bits per heavy atom. The maximum atomic E-state index is 13.4. The van der Waals surface area contributed by atoms with Crippen LogP contribution >= 0.6 is 0 Å². The molecule has 3 atom stereocenters. The van der Waals surface area contributed by atoms with Gasteiger partial charge in [-0.25, -0.2) is 0 Å². The number of likely N-dealkylation sites (tertiary alicyclic amines) is 1. The minimum Gasteiger partial charge on any atom is -0.497 e. The Balaban J connectivity index is 1.33. The highest BCUT2D eigenvalue weighted by molar-refractivity contribution is 6.01. The number of pyridine rings is 1. The summed E-state index contributed by atoms with van der Waals surface area (Å²) in [7, 11) is 3.13. The number of methoxy groups -OCH3 is 2. The lowest BCUT2D eigenvalue weighted by Gasteiger charge is -2.43. The van der Waals surface area contributed by atoms with E-state index in [1.54, 1.807) is 49.5 Å². The van der Waals surface area contributed by atoms with Gasteiger partial charge in [-0.2, -0.15) is 0 Å². The molecule has 4 heterocycles.